The van der Waals surface area contributed by atoms with E-state index in [0.717, 1.165) is 6.42 Å². The largest absolute Gasteiger partial charge is 0.481 e. The number of nitrogens with zero attached hydrogens (tertiary/aromatic N) is 1. The molecule has 0 aromatic rings. The van der Waals surface area contributed by atoms with Crippen molar-refractivity contribution < 1.29 is 34.2 Å². The Morgan fingerprint density at radius 2 is 1.79 bits per heavy atom. The first-order valence-electron chi connectivity index (χ1n) is 11.3. The quantitative estimate of drug-likeness (QED) is 0.172. The van der Waals surface area contributed by atoms with Gasteiger partial charge in [-0.05, 0) is 38.1 Å². The molecule has 0 aromatic heterocycles. The summed E-state index contributed by atoms with van der Waals surface area (Å²) in [5.74, 6) is -4.97. The number of hydrogen-bond acceptors (Lipinski definition) is 7. The fraction of sp³-hybridized carbons (Fsp3) is 0.762. The molecule has 1 aliphatic heterocycles. The van der Waals surface area contributed by atoms with Gasteiger partial charge in [0.15, 0.2) is 0 Å². The monoisotopic (exact) mass is 471 g/mol. The fourth-order valence-electron chi connectivity index (χ4n) is 3.74. The minimum absolute atomic E-state index is 0.326. The van der Waals surface area contributed by atoms with E-state index in [2.05, 4.69) is 10.6 Å². The Labute approximate surface area is 193 Å². The van der Waals surface area contributed by atoms with Crippen molar-refractivity contribution in [2.45, 2.75) is 83.0 Å². The van der Waals surface area contributed by atoms with Crippen LogP contribution >= 0.6 is 0 Å². The highest BCUT2D eigenvalue weighted by molar-refractivity contribution is 5.95. The zero-order chi connectivity index (χ0) is 25.1. The van der Waals surface area contributed by atoms with E-state index in [1.54, 1.807) is 13.8 Å². The summed E-state index contributed by atoms with van der Waals surface area (Å²) in [4.78, 5) is 62.4. The highest BCUT2D eigenvalue weighted by Crippen LogP contribution is 2.20. The highest BCUT2D eigenvalue weighted by atomic mass is 16.4. The molecule has 12 heteroatoms. The van der Waals surface area contributed by atoms with Crippen molar-refractivity contribution in [3.05, 3.63) is 0 Å². The van der Waals surface area contributed by atoms with Crippen molar-refractivity contribution in [2.24, 2.45) is 17.4 Å². The molecule has 1 heterocycles. The van der Waals surface area contributed by atoms with Gasteiger partial charge >= 0.3 is 11.9 Å². The molecule has 3 amide bonds. The molecule has 8 N–H and O–H groups in total. The molecule has 0 aliphatic carbocycles. The number of rotatable bonds is 14. The van der Waals surface area contributed by atoms with Gasteiger partial charge in [-0.25, -0.2) is 4.79 Å². The van der Waals surface area contributed by atoms with E-state index in [4.69, 9.17) is 11.5 Å². The number of likely N-dealkylation sites (tertiary alicyclic amines) is 1. The number of carbonyl (C=O) groups excluding carboxylic acids is 3. The Balaban J connectivity index is 2.90. The molecule has 12 nitrogen and oxygen atoms in total. The molecule has 0 bridgehead atoms. The molecule has 1 aliphatic rings. The van der Waals surface area contributed by atoms with Gasteiger partial charge in [-0.2, -0.15) is 0 Å². The molecular formula is C21H37N5O7. The van der Waals surface area contributed by atoms with Crippen molar-refractivity contribution in [2.75, 3.05) is 13.1 Å². The molecule has 33 heavy (non-hydrogen) atoms. The van der Waals surface area contributed by atoms with Crippen molar-refractivity contribution >= 4 is 29.7 Å². The van der Waals surface area contributed by atoms with Gasteiger partial charge in [0.2, 0.25) is 17.7 Å². The average molecular weight is 472 g/mol. The third-order valence-electron chi connectivity index (χ3n) is 5.91. The molecule has 0 radical (unpaired) electrons. The molecule has 188 valence electrons. The number of hydrogen-bond donors (Lipinski definition) is 6. The number of aliphatic carboxylic acids is 2. The molecule has 1 rings (SSSR count). The van der Waals surface area contributed by atoms with Crippen LogP contribution in [0.1, 0.15) is 58.8 Å². The number of nitrogens with one attached hydrogen (secondary N) is 2. The summed E-state index contributed by atoms with van der Waals surface area (Å²) in [6, 6.07) is -4.38. The van der Waals surface area contributed by atoms with Gasteiger partial charge in [0, 0.05) is 6.54 Å². The van der Waals surface area contributed by atoms with Gasteiger partial charge in [0.1, 0.15) is 18.1 Å². The van der Waals surface area contributed by atoms with Crippen LogP contribution in [-0.4, -0.2) is 82.0 Å². The molecule has 0 spiro atoms. The molecule has 0 aromatic carbocycles. The second-order valence-electron chi connectivity index (χ2n) is 8.45. The summed E-state index contributed by atoms with van der Waals surface area (Å²) in [6.45, 7) is 4.22. The van der Waals surface area contributed by atoms with Crippen molar-refractivity contribution in [1.29, 1.82) is 0 Å². The number of amides is 3. The summed E-state index contributed by atoms with van der Waals surface area (Å²) in [5.41, 5.74) is 11.4. The number of carboxylic acids is 2. The number of nitrogens with two attached hydrogens (primary N) is 2. The highest BCUT2D eigenvalue weighted by Gasteiger charge is 2.38. The predicted octanol–water partition coefficient (Wildman–Crippen LogP) is -0.991. The van der Waals surface area contributed by atoms with E-state index in [0.29, 0.717) is 45.2 Å². The normalized spacial score (nSPS) is 19.3. The summed E-state index contributed by atoms with van der Waals surface area (Å²) in [5, 5.41) is 23.3. The Bertz CT molecular complexity index is 717. The first kappa shape index (κ1) is 28.3. The second kappa shape index (κ2) is 13.7. The first-order chi connectivity index (χ1) is 15.5. The molecule has 0 saturated carbocycles. The summed E-state index contributed by atoms with van der Waals surface area (Å²) >= 11 is 0. The zero-order valence-corrected chi connectivity index (χ0v) is 19.3. The molecular weight excluding hydrogens is 434 g/mol. The summed E-state index contributed by atoms with van der Waals surface area (Å²) in [6.07, 6.45) is 2.47. The van der Waals surface area contributed by atoms with E-state index >= 15 is 0 Å². The number of carboxylic acid groups (broad SMARTS) is 2. The fourth-order valence-corrected chi connectivity index (χ4v) is 3.74. The molecule has 1 saturated heterocycles. The van der Waals surface area contributed by atoms with Crippen LogP contribution < -0.4 is 22.1 Å². The van der Waals surface area contributed by atoms with Crippen LogP contribution in [-0.2, 0) is 24.0 Å². The van der Waals surface area contributed by atoms with Crippen LogP contribution in [0.5, 0.6) is 0 Å². The van der Waals surface area contributed by atoms with Crippen LogP contribution in [0, 0.1) is 5.92 Å². The van der Waals surface area contributed by atoms with Crippen LogP contribution in [0.25, 0.3) is 0 Å². The van der Waals surface area contributed by atoms with E-state index in [1.807, 2.05) is 0 Å². The Kier molecular flexibility index (Phi) is 11.8. The third-order valence-corrected chi connectivity index (χ3v) is 5.91. The standard InChI is InChI=1S/C21H37N5O7/c1-3-12(2)17(21(32)33)25-18(29)14(11-16(27)28)24-19(30)15-8-6-10-26(15)20(31)13(23)7-4-5-9-22/h12-15,17H,3-11,22-23H2,1-2H3,(H,24,30)(H,25,29)(H,27,28)(H,32,33). The average Bonchev–Trinajstić information content (AvgIpc) is 3.25. The zero-order valence-electron chi connectivity index (χ0n) is 19.3. The Hall–Kier alpha value is -2.73. The van der Waals surface area contributed by atoms with E-state index in [1.165, 1.54) is 4.90 Å². The molecule has 5 atom stereocenters. The van der Waals surface area contributed by atoms with E-state index in [9.17, 15) is 34.2 Å². The van der Waals surface area contributed by atoms with Crippen LogP contribution in [0.4, 0.5) is 0 Å². The maximum atomic E-state index is 12.9. The van der Waals surface area contributed by atoms with Crippen LogP contribution in [0.2, 0.25) is 0 Å². The summed E-state index contributed by atoms with van der Waals surface area (Å²) in [7, 11) is 0. The van der Waals surface area contributed by atoms with Gasteiger partial charge in [0.25, 0.3) is 0 Å². The second-order valence-corrected chi connectivity index (χ2v) is 8.45. The van der Waals surface area contributed by atoms with Crippen molar-refractivity contribution in [3.8, 4) is 0 Å². The first-order valence-corrected chi connectivity index (χ1v) is 11.3. The number of carbonyl (C=O) groups is 5. The lowest BCUT2D eigenvalue weighted by atomic mass is 9.98. The topological polar surface area (TPSA) is 205 Å². The lowest BCUT2D eigenvalue weighted by molar-refractivity contribution is -0.145. The van der Waals surface area contributed by atoms with Gasteiger partial charge in [-0.15, -0.1) is 0 Å². The van der Waals surface area contributed by atoms with Crippen LogP contribution in [0.3, 0.4) is 0 Å². The van der Waals surface area contributed by atoms with E-state index < -0.39 is 60.3 Å². The van der Waals surface area contributed by atoms with Crippen molar-refractivity contribution in [1.82, 2.24) is 15.5 Å². The minimum Gasteiger partial charge on any atom is -0.481 e. The van der Waals surface area contributed by atoms with Gasteiger partial charge in [-0.1, -0.05) is 26.7 Å². The Morgan fingerprint density at radius 1 is 1.12 bits per heavy atom. The van der Waals surface area contributed by atoms with Gasteiger partial charge in [0.05, 0.1) is 12.5 Å². The molecule has 5 unspecified atom stereocenters. The lowest BCUT2D eigenvalue weighted by Gasteiger charge is -2.28. The smallest absolute Gasteiger partial charge is 0.326 e. The third kappa shape index (κ3) is 8.61. The minimum atomic E-state index is -1.49. The van der Waals surface area contributed by atoms with Gasteiger partial charge < -0.3 is 37.2 Å². The van der Waals surface area contributed by atoms with E-state index in [-0.39, 0.29) is 5.91 Å². The summed E-state index contributed by atoms with van der Waals surface area (Å²) < 4.78 is 0. The Morgan fingerprint density at radius 3 is 2.33 bits per heavy atom. The predicted molar refractivity (Wildman–Crippen MR) is 119 cm³/mol. The maximum absolute atomic E-state index is 12.9. The van der Waals surface area contributed by atoms with Crippen molar-refractivity contribution in [3.63, 3.8) is 0 Å². The van der Waals surface area contributed by atoms with Crippen LogP contribution in [0.15, 0.2) is 0 Å². The molecule has 1 fully saturated rings. The van der Waals surface area contributed by atoms with Gasteiger partial charge in [-0.3, -0.25) is 19.2 Å². The number of unbranched alkanes of at least 4 members (excludes halogenated alkanes) is 1. The maximum Gasteiger partial charge on any atom is 0.326 e. The lowest BCUT2D eigenvalue weighted by Crippen LogP contribution is -2.57. The SMILES string of the molecule is CCC(C)C(NC(=O)C(CC(=O)O)NC(=O)C1CCCN1C(=O)C(N)CCCCN)C(=O)O.